The summed E-state index contributed by atoms with van der Waals surface area (Å²) in [6.45, 7) is 11.5. The lowest BCUT2D eigenvalue weighted by Gasteiger charge is -2.46. The van der Waals surface area contributed by atoms with Gasteiger partial charge in [0.25, 0.3) is 5.91 Å². The van der Waals surface area contributed by atoms with Gasteiger partial charge in [0.2, 0.25) is 0 Å². The molecular weight excluding hydrogens is 292 g/mol. The first-order valence-corrected chi connectivity index (χ1v) is 8.45. The average Bonchev–Trinajstić information content (AvgIpc) is 2.88. The fourth-order valence-corrected chi connectivity index (χ4v) is 3.69. The highest BCUT2D eigenvalue weighted by molar-refractivity contribution is 5.92. The summed E-state index contributed by atoms with van der Waals surface area (Å²) in [7, 11) is 2.10. The minimum atomic E-state index is -0.124. The van der Waals surface area contributed by atoms with Gasteiger partial charge < -0.3 is 14.5 Å². The SMILES string of the molecule is Cc1cc(C(=O)N2CCO[C@H]3CCN(C)C[C@@H]32)nn1C(C)(C)C. The van der Waals surface area contributed by atoms with Gasteiger partial charge >= 0.3 is 0 Å². The van der Waals surface area contributed by atoms with Crippen molar-refractivity contribution in [2.75, 3.05) is 33.3 Å². The summed E-state index contributed by atoms with van der Waals surface area (Å²) >= 11 is 0. The summed E-state index contributed by atoms with van der Waals surface area (Å²) in [5, 5.41) is 4.58. The summed E-state index contributed by atoms with van der Waals surface area (Å²) in [5.41, 5.74) is 1.44. The average molecular weight is 320 g/mol. The molecule has 2 saturated heterocycles. The van der Waals surface area contributed by atoms with Crippen molar-refractivity contribution in [1.29, 1.82) is 0 Å². The van der Waals surface area contributed by atoms with Crippen LogP contribution in [0.3, 0.4) is 0 Å². The Hall–Kier alpha value is -1.40. The second-order valence-corrected chi connectivity index (χ2v) is 7.78. The molecule has 0 aromatic carbocycles. The molecule has 0 spiro atoms. The van der Waals surface area contributed by atoms with Crippen LogP contribution in [-0.2, 0) is 10.3 Å². The van der Waals surface area contributed by atoms with Crippen molar-refractivity contribution in [3.63, 3.8) is 0 Å². The maximum Gasteiger partial charge on any atom is 0.274 e. The molecular formula is C17H28N4O2. The van der Waals surface area contributed by atoms with E-state index >= 15 is 0 Å². The molecule has 23 heavy (non-hydrogen) atoms. The van der Waals surface area contributed by atoms with Crippen LogP contribution in [0, 0.1) is 6.92 Å². The molecule has 0 saturated carbocycles. The summed E-state index contributed by atoms with van der Waals surface area (Å²) in [4.78, 5) is 17.3. The number of aromatic nitrogens is 2. The lowest BCUT2D eigenvalue weighted by molar-refractivity contribution is -0.0871. The van der Waals surface area contributed by atoms with Crippen molar-refractivity contribution in [3.05, 3.63) is 17.5 Å². The fourth-order valence-electron chi connectivity index (χ4n) is 3.69. The minimum absolute atomic E-state index is 0.0321. The van der Waals surface area contributed by atoms with Gasteiger partial charge in [-0.15, -0.1) is 0 Å². The van der Waals surface area contributed by atoms with Gasteiger partial charge in [0.15, 0.2) is 5.69 Å². The number of rotatable bonds is 1. The zero-order chi connectivity index (χ0) is 16.8. The van der Waals surface area contributed by atoms with Crippen LogP contribution >= 0.6 is 0 Å². The number of hydrogen-bond acceptors (Lipinski definition) is 4. The van der Waals surface area contributed by atoms with E-state index in [-0.39, 0.29) is 23.6 Å². The third-order valence-electron chi connectivity index (χ3n) is 4.79. The van der Waals surface area contributed by atoms with Gasteiger partial charge in [0.1, 0.15) is 0 Å². The van der Waals surface area contributed by atoms with Crippen LogP contribution in [-0.4, -0.2) is 70.9 Å². The zero-order valence-corrected chi connectivity index (χ0v) is 14.9. The number of carbonyl (C=O) groups excluding carboxylic acids is 1. The standard InChI is InChI=1S/C17H28N4O2/c1-12-10-13(18-21(12)17(2,3)4)16(22)20-8-9-23-15-6-7-19(5)11-14(15)20/h10,14-15H,6-9,11H2,1-5H3/t14-,15-/m0/s1. The van der Waals surface area contributed by atoms with Crippen LogP contribution in [0.25, 0.3) is 0 Å². The van der Waals surface area contributed by atoms with Crippen molar-refractivity contribution < 1.29 is 9.53 Å². The number of nitrogens with zero attached hydrogens (tertiary/aromatic N) is 4. The highest BCUT2D eigenvalue weighted by Crippen LogP contribution is 2.25. The Kier molecular flexibility index (Phi) is 4.23. The predicted molar refractivity (Wildman–Crippen MR) is 88.6 cm³/mol. The number of piperidine rings is 1. The first-order chi connectivity index (χ1) is 10.8. The molecule has 128 valence electrons. The molecule has 0 N–H and O–H groups in total. The Morgan fingerprint density at radius 1 is 1.35 bits per heavy atom. The Labute approximate surface area is 138 Å². The number of likely N-dealkylation sites (tertiary alicyclic amines) is 1. The number of amides is 1. The first kappa shape index (κ1) is 16.5. The molecule has 0 unspecified atom stereocenters. The number of aryl methyl sites for hydroxylation is 1. The largest absolute Gasteiger partial charge is 0.374 e. The molecule has 2 aliphatic heterocycles. The smallest absolute Gasteiger partial charge is 0.274 e. The zero-order valence-electron chi connectivity index (χ0n) is 14.9. The molecule has 2 aliphatic rings. The van der Waals surface area contributed by atoms with Crippen molar-refractivity contribution in [2.24, 2.45) is 0 Å². The van der Waals surface area contributed by atoms with E-state index in [9.17, 15) is 4.79 Å². The molecule has 0 bridgehead atoms. The Balaban J connectivity index is 1.84. The van der Waals surface area contributed by atoms with Crippen LogP contribution in [0.4, 0.5) is 0 Å². The highest BCUT2D eigenvalue weighted by Gasteiger charge is 2.39. The number of carbonyl (C=O) groups is 1. The maximum atomic E-state index is 13.0. The van der Waals surface area contributed by atoms with Crippen LogP contribution in [0.5, 0.6) is 0 Å². The van der Waals surface area contributed by atoms with E-state index in [1.165, 1.54) is 0 Å². The van der Waals surface area contributed by atoms with Crippen molar-refractivity contribution in [2.45, 2.75) is 51.8 Å². The molecule has 6 nitrogen and oxygen atoms in total. The topological polar surface area (TPSA) is 50.6 Å². The van der Waals surface area contributed by atoms with Gasteiger partial charge in [-0.2, -0.15) is 5.10 Å². The quantitative estimate of drug-likeness (QED) is 0.787. The Bertz CT molecular complexity index is 590. The van der Waals surface area contributed by atoms with Gasteiger partial charge in [0, 0.05) is 25.3 Å². The molecule has 1 aromatic rings. The number of ether oxygens (including phenoxy) is 1. The number of likely N-dealkylation sites (N-methyl/N-ethyl adjacent to an activating group) is 1. The number of fused-ring (bicyclic) bond motifs is 1. The summed E-state index contributed by atoms with van der Waals surface area (Å²) in [5.74, 6) is 0.0321. The van der Waals surface area contributed by atoms with Gasteiger partial charge in [-0.05, 0) is 47.2 Å². The van der Waals surface area contributed by atoms with E-state index in [2.05, 4.69) is 37.8 Å². The number of hydrogen-bond donors (Lipinski definition) is 0. The normalized spacial score (nSPS) is 26.2. The monoisotopic (exact) mass is 320 g/mol. The first-order valence-electron chi connectivity index (χ1n) is 8.45. The van der Waals surface area contributed by atoms with Crippen LogP contribution in [0.2, 0.25) is 0 Å². The van der Waals surface area contributed by atoms with E-state index in [4.69, 9.17) is 4.74 Å². The minimum Gasteiger partial charge on any atom is -0.374 e. The predicted octanol–water partition coefficient (Wildman–Crippen LogP) is 1.49. The molecule has 3 heterocycles. The van der Waals surface area contributed by atoms with Crippen LogP contribution in [0.15, 0.2) is 6.07 Å². The summed E-state index contributed by atoms with van der Waals surface area (Å²) in [6, 6.07) is 2.04. The van der Waals surface area contributed by atoms with Crippen LogP contribution in [0.1, 0.15) is 43.4 Å². The molecule has 2 atom stereocenters. The van der Waals surface area contributed by atoms with E-state index in [0.29, 0.717) is 18.8 Å². The molecule has 0 aliphatic carbocycles. The Morgan fingerprint density at radius 2 is 2.09 bits per heavy atom. The highest BCUT2D eigenvalue weighted by atomic mass is 16.5. The fraction of sp³-hybridized carbons (Fsp3) is 0.765. The second-order valence-electron chi connectivity index (χ2n) is 7.78. The summed E-state index contributed by atoms with van der Waals surface area (Å²) < 4.78 is 7.82. The molecule has 2 fully saturated rings. The maximum absolute atomic E-state index is 13.0. The molecule has 6 heteroatoms. The van der Waals surface area contributed by atoms with Crippen molar-refractivity contribution in [3.8, 4) is 0 Å². The van der Waals surface area contributed by atoms with Gasteiger partial charge in [0.05, 0.1) is 24.3 Å². The third-order valence-corrected chi connectivity index (χ3v) is 4.79. The van der Waals surface area contributed by atoms with E-state index in [1.54, 1.807) is 0 Å². The molecule has 3 rings (SSSR count). The Morgan fingerprint density at radius 3 is 2.74 bits per heavy atom. The summed E-state index contributed by atoms with van der Waals surface area (Å²) in [6.07, 6.45) is 1.15. The molecule has 1 amide bonds. The van der Waals surface area contributed by atoms with Crippen molar-refractivity contribution >= 4 is 5.91 Å². The third kappa shape index (κ3) is 3.15. The van der Waals surface area contributed by atoms with Gasteiger partial charge in [-0.25, -0.2) is 0 Å². The lowest BCUT2D eigenvalue weighted by Crippen LogP contribution is -2.60. The molecule has 1 aromatic heterocycles. The second kappa shape index (κ2) is 5.91. The van der Waals surface area contributed by atoms with Gasteiger partial charge in [-0.3, -0.25) is 9.48 Å². The van der Waals surface area contributed by atoms with E-state index in [0.717, 1.165) is 25.2 Å². The van der Waals surface area contributed by atoms with Crippen molar-refractivity contribution in [1.82, 2.24) is 19.6 Å². The van der Waals surface area contributed by atoms with Gasteiger partial charge in [-0.1, -0.05) is 0 Å². The van der Waals surface area contributed by atoms with E-state index in [1.807, 2.05) is 22.6 Å². The van der Waals surface area contributed by atoms with E-state index < -0.39 is 0 Å². The van der Waals surface area contributed by atoms with Crippen LogP contribution < -0.4 is 0 Å². The lowest BCUT2D eigenvalue weighted by atomic mass is 9.99. The number of morpholine rings is 1. The molecule has 0 radical (unpaired) electrons.